The number of benzene rings is 1. The van der Waals surface area contributed by atoms with E-state index in [1.165, 1.54) is 24.3 Å². The Bertz CT molecular complexity index is 906. The summed E-state index contributed by atoms with van der Waals surface area (Å²) >= 11 is 3.33. The lowest BCUT2D eigenvalue weighted by Gasteiger charge is -2.11. The monoisotopic (exact) mass is 408 g/mol. The van der Waals surface area contributed by atoms with Crippen molar-refractivity contribution in [3.63, 3.8) is 0 Å². The molecule has 0 saturated carbocycles. The van der Waals surface area contributed by atoms with Crippen LogP contribution < -0.4 is 15.4 Å². The van der Waals surface area contributed by atoms with E-state index in [1.54, 1.807) is 24.5 Å². The van der Waals surface area contributed by atoms with Crippen molar-refractivity contribution in [2.24, 2.45) is 0 Å². The molecule has 0 aliphatic carbocycles. The van der Waals surface area contributed by atoms with Crippen molar-refractivity contribution >= 4 is 44.4 Å². The van der Waals surface area contributed by atoms with Gasteiger partial charge in [0.2, 0.25) is 0 Å². The molecule has 9 heteroatoms. The number of nitrogens with zero attached hydrogens (tertiary/aromatic N) is 2. The number of carbonyl (C=O) groups excluding carboxylic acids is 1. The second-order valence-electron chi connectivity index (χ2n) is 4.83. The SMILES string of the molecule is O=C(Nc1ccc(OC(F)F)cc1)Nc1c(Br)cnc2cccnc12. The molecule has 6 nitrogen and oxygen atoms in total. The second-order valence-corrected chi connectivity index (χ2v) is 5.69. The molecule has 0 bridgehead atoms. The molecule has 0 radical (unpaired) electrons. The Morgan fingerprint density at radius 2 is 1.88 bits per heavy atom. The third-order valence-corrected chi connectivity index (χ3v) is 3.76. The van der Waals surface area contributed by atoms with Crippen LogP contribution in [0.5, 0.6) is 5.75 Å². The summed E-state index contributed by atoms with van der Waals surface area (Å²) in [6, 6.07) is 8.59. The van der Waals surface area contributed by atoms with Crippen LogP contribution in [0.15, 0.2) is 53.3 Å². The highest BCUT2D eigenvalue weighted by molar-refractivity contribution is 9.10. The maximum Gasteiger partial charge on any atom is 0.387 e. The third-order valence-electron chi connectivity index (χ3n) is 3.15. The minimum atomic E-state index is -2.90. The van der Waals surface area contributed by atoms with Gasteiger partial charge in [-0.05, 0) is 52.3 Å². The molecule has 2 N–H and O–H groups in total. The van der Waals surface area contributed by atoms with Crippen molar-refractivity contribution in [3.8, 4) is 5.75 Å². The molecule has 0 unspecified atom stereocenters. The molecule has 0 spiro atoms. The molecule has 3 aromatic rings. The van der Waals surface area contributed by atoms with Crippen molar-refractivity contribution < 1.29 is 18.3 Å². The first-order valence-electron chi connectivity index (χ1n) is 7.05. The number of anilines is 2. The Morgan fingerprint density at radius 1 is 1.12 bits per heavy atom. The summed E-state index contributed by atoms with van der Waals surface area (Å²) in [7, 11) is 0. The number of nitrogens with one attached hydrogen (secondary N) is 2. The van der Waals surface area contributed by atoms with Gasteiger partial charge in [0.25, 0.3) is 0 Å². The average molecular weight is 409 g/mol. The molecule has 0 saturated heterocycles. The Balaban J connectivity index is 1.74. The molecule has 0 aliphatic rings. The lowest BCUT2D eigenvalue weighted by Crippen LogP contribution is -2.20. The zero-order valence-electron chi connectivity index (χ0n) is 12.5. The van der Waals surface area contributed by atoms with E-state index in [1.807, 2.05) is 0 Å². The van der Waals surface area contributed by atoms with Crippen LogP contribution in [0.2, 0.25) is 0 Å². The number of pyridine rings is 2. The van der Waals surface area contributed by atoms with Gasteiger partial charge in [-0.3, -0.25) is 9.97 Å². The number of hydrogen-bond donors (Lipinski definition) is 2. The van der Waals surface area contributed by atoms with Gasteiger partial charge in [0.15, 0.2) is 0 Å². The first-order chi connectivity index (χ1) is 12.0. The average Bonchev–Trinajstić information content (AvgIpc) is 2.59. The molecule has 3 rings (SSSR count). The number of ether oxygens (including phenoxy) is 1. The summed E-state index contributed by atoms with van der Waals surface area (Å²) in [4.78, 5) is 20.6. The number of aromatic nitrogens is 2. The minimum Gasteiger partial charge on any atom is -0.435 e. The number of carbonyl (C=O) groups is 1. The minimum absolute atomic E-state index is 0.00744. The molecular formula is C16H11BrF2N4O2. The topological polar surface area (TPSA) is 76.1 Å². The summed E-state index contributed by atoms with van der Waals surface area (Å²) in [5, 5.41) is 5.30. The molecule has 128 valence electrons. The first-order valence-corrected chi connectivity index (χ1v) is 7.84. The van der Waals surface area contributed by atoms with Crippen molar-refractivity contribution in [1.29, 1.82) is 0 Å². The molecule has 1 aromatic carbocycles. The molecule has 0 atom stereocenters. The number of alkyl halides is 2. The van der Waals surface area contributed by atoms with Gasteiger partial charge in [0, 0.05) is 18.1 Å². The summed E-state index contributed by atoms with van der Waals surface area (Å²) in [5.41, 5.74) is 2.06. The molecular weight excluding hydrogens is 398 g/mol. The summed E-state index contributed by atoms with van der Waals surface area (Å²) in [5.74, 6) is 0.00744. The van der Waals surface area contributed by atoms with E-state index in [0.717, 1.165) is 0 Å². The highest BCUT2D eigenvalue weighted by Crippen LogP contribution is 2.28. The van der Waals surface area contributed by atoms with E-state index in [9.17, 15) is 13.6 Å². The second kappa shape index (κ2) is 7.39. The van der Waals surface area contributed by atoms with Crippen LogP contribution in [0.3, 0.4) is 0 Å². The number of hydrogen-bond acceptors (Lipinski definition) is 4. The zero-order chi connectivity index (χ0) is 17.8. The maximum atomic E-state index is 12.2. The first kappa shape index (κ1) is 17.0. The fraction of sp³-hybridized carbons (Fsp3) is 0.0625. The number of halogens is 3. The Morgan fingerprint density at radius 3 is 2.60 bits per heavy atom. The van der Waals surface area contributed by atoms with Gasteiger partial charge in [0.1, 0.15) is 11.3 Å². The summed E-state index contributed by atoms with van der Waals surface area (Å²) in [6.45, 7) is -2.90. The van der Waals surface area contributed by atoms with Gasteiger partial charge >= 0.3 is 12.6 Å². The van der Waals surface area contributed by atoms with Gasteiger partial charge in [-0.25, -0.2) is 4.79 Å². The molecule has 0 aliphatic heterocycles. The number of amides is 2. The fourth-order valence-corrected chi connectivity index (χ4v) is 2.50. The molecule has 2 heterocycles. The van der Waals surface area contributed by atoms with Gasteiger partial charge in [-0.15, -0.1) is 0 Å². The zero-order valence-corrected chi connectivity index (χ0v) is 14.1. The quantitative estimate of drug-likeness (QED) is 0.659. The molecule has 2 amide bonds. The predicted octanol–water partition coefficient (Wildman–Crippen LogP) is 4.64. The van der Waals surface area contributed by atoms with Crippen LogP contribution in [0.1, 0.15) is 0 Å². The lowest BCUT2D eigenvalue weighted by atomic mass is 10.3. The number of fused-ring (bicyclic) bond motifs is 1. The van der Waals surface area contributed by atoms with E-state index in [2.05, 4.69) is 41.3 Å². The van der Waals surface area contributed by atoms with Crippen LogP contribution in [-0.2, 0) is 0 Å². The predicted molar refractivity (Wildman–Crippen MR) is 93.0 cm³/mol. The highest BCUT2D eigenvalue weighted by atomic mass is 79.9. The maximum absolute atomic E-state index is 12.2. The highest BCUT2D eigenvalue weighted by Gasteiger charge is 2.12. The van der Waals surface area contributed by atoms with Gasteiger partial charge in [0.05, 0.1) is 15.7 Å². The van der Waals surface area contributed by atoms with E-state index in [-0.39, 0.29) is 5.75 Å². The van der Waals surface area contributed by atoms with Crippen LogP contribution in [0.25, 0.3) is 11.0 Å². The van der Waals surface area contributed by atoms with Crippen molar-refractivity contribution in [2.45, 2.75) is 6.61 Å². The normalized spacial score (nSPS) is 10.7. The Labute approximate surface area is 149 Å². The summed E-state index contributed by atoms with van der Waals surface area (Å²) in [6.07, 6.45) is 3.16. The fourth-order valence-electron chi connectivity index (χ4n) is 2.11. The van der Waals surface area contributed by atoms with Crippen LogP contribution in [-0.4, -0.2) is 22.6 Å². The Hall–Kier alpha value is -2.81. The smallest absolute Gasteiger partial charge is 0.387 e. The van der Waals surface area contributed by atoms with E-state index >= 15 is 0 Å². The molecule has 0 fully saturated rings. The van der Waals surface area contributed by atoms with Crippen molar-refractivity contribution in [2.75, 3.05) is 10.6 Å². The van der Waals surface area contributed by atoms with Gasteiger partial charge in [-0.1, -0.05) is 0 Å². The Kier molecular flexibility index (Phi) is 5.03. The molecule has 2 aromatic heterocycles. The van der Waals surface area contributed by atoms with Crippen LogP contribution in [0.4, 0.5) is 25.0 Å². The molecule has 25 heavy (non-hydrogen) atoms. The van der Waals surface area contributed by atoms with Crippen LogP contribution in [0, 0.1) is 0 Å². The van der Waals surface area contributed by atoms with Crippen LogP contribution >= 0.6 is 15.9 Å². The number of rotatable bonds is 4. The number of urea groups is 1. The lowest BCUT2D eigenvalue weighted by molar-refractivity contribution is -0.0498. The standard InChI is InChI=1S/C16H11BrF2N4O2/c17-11-8-21-12-2-1-7-20-14(12)13(11)23-16(24)22-9-3-5-10(6-4-9)25-15(18)19/h1-8,15H,(H2,21,22,23,24). The van der Waals surface area contributed by atoms with Crippen molar-refractivity contribution in [1.82, 2.24) is 9.97 Å². The van der Waals surface area contributed by atoms with Gasteiger partial charge in [-0.2, -0.15) is 8.78 Å². The van der Waals surface area contributed by atoms with E-state index < -0.39 is 12.6 Å². The van der Waals surface area contributed by atoms with E-state index in [0.29, 0.717) is 26.9 Å². The van der Waals surface area contributed by atoms with Gasteiger partial charge < -0.3 is 15.4 Å². The van der Waals surface area contributed by atoms with E-state index in [4.69, 9.17) is 0 Å². The third kappa shape index (κ3) is 4.18. The largest absolute Gasteiger partial charge is 0.435 e. The summed E-state index contributed by atoms with van der Waals surface area (Å²) < 4.78 is 29.1. The van der Waals surface area contributed by atoms with Crippen molar-refractivity contribution in [3.05, 3.63) is 53.3 Å².